The number of benzene rings is 1. The van der Waals surface area contributed by atoms with Crippen LogP contribution in [0.3, 0.4) is 0 Å². The normalized spacial score (nSPS) is 11.4. The molecule has 0 fully saturated rings. The van der Waals surface area contributed by atoms with Crippen LogP contribution in [0.15, 0.2) is 12.1 Å². The molecule has 0 saturated heterocycles. The summed E-state index contributed by atoms with van der Waals surface area (Å²) in [4.78, 5) is 26.4. The zero-order valence-electron chi connectivity index (χ0n) is 12.6. The van der Waals surface area contributed by atoms with Gasteiger partial charge in [-0.1, -0.05) is 11.3 Å². The van der Waals surface area contributed by atoms with Crippen LogP contribution in [-0.4, -0.2) is 20.9 Å². The minimum absolute atomic E-state index is 0.149. The van der Waals surface area contributed by atoms with E-state index in [9.17, 15) is 4.79 Å². The van der Waals surface area contributed by atoms with Gasteiger partial charge in [-0.3, -0.25) is 10.1 Å². The van der Waals surface area contributed by atoms with Gasteiger partial charge in [0.2, 0.25) is 0 Å². The Labute approximate surface area is 144 Å². The molecule has 1 amide bonds. The molecule has 1 aromatic carbocycles. The Balaban J connectivity index is 1.73. The van der Waals surface area contributed by atoms with Gasteiger partial charge in [0.25, 0.3) is 5.91 Å². The van der Waals surface area contributed by atoms with Gasteiger partial charge in [0.1, 0.15) is 4.88 Å². The minimum Gasteiger partial charge on any atom is -0.297 e. The van der Waals surface area contributed by atoms with E-state index in [2.05, 4.69) is 20.3 Å². The number of carbonyl (C=O) groups excluding carboxylic acids is 1. The first kappa shape index (κ1) is 14.7. The molecule has 0 unspecified atom stereocenters. The molecular weight excluding hydrogens is 348 g/mol. The molecule has 4 rings (SSSR count). The molecule has 0 atom stereocenters. The van der Waals surface area contributed by atoms with Crippen LogP contribution in [0.2, 0.25) is 0 Å². The predicted octanol–water partition coefficient (Wildman–Crippen LogP) is 4.54. The largest absolute Gasteiger partial charge is 0.297 e. The molecular formula is C15H12N4OS3. The molecule has 1 N–H and O–H groups in total. The molecule has 0 radical (unpaired) electrons. The number of fused-ring (bicyclic) bond motifs is 3. The summed E-state index contributed by atoms with van der Waals surface area (Å²) in [6.07, 6.45) is 0. The van der Waals surface area contributed by atoms with Crippen molar-refractivity contribution in [1.82, 2.24) is 15.0 Å². The van der Waals surface area contributed by atoms with E-state index < -0.39 is 0 Å². The van der Waals surface area contributed by atoms with Gasteiger partial charge in [-0.05, 0) is 32.9 Å². The molecule has 0 aliphatic carbocycles. The van der Waals surface area contributed by atoms with E-state index >= 15 is 0 Å². The Bertz CT molecular complexity index is 1060. The van der Waals surface area contributed by atoms with Crippen molar-refractivity contribution < 1.29 is 4.79 Å². The number of aromatic nitrogens is 3. The lowest BCUT2D eigenvalue weighted by atomic mass is 10.3. The third-order valence-corrected chi connectivity index (χ3v) is 6.56. The van der Waals surface area contributed by atoms with Crippen molar-refractivity contribution in [3.05, 3.63) is 32.7 Å². The summed E-state index contributed by atoms with van der Waals surface area (Å²) in [5.41, 5.74) is 2.63. The smallest absolute Gasteiger partial charge is 0.269 e. The standard InChI is InChI=1S/C15H12N4OS3/c1-6-11(21-7(2)16-6)14(20)19-15-18-10-5-4-9-12(13(10)23-15)22-8(3)17-9/h4-5H,1-3H3,(H,18,19,20). The van der Waals surface area contributed by atoms with Crippen LogP contribution in [0.4, 0.5) is 5.13 Å². The molecule has 5 nitrogen and oxygen atoms in total. The summed E-state index contributed by atoms with van der Waals surface area (Å²) in [5.74, 6) is -0.149. The number of hydrogen-bond donors (Lipinski definition) is 1. The van der Waals surface area contributed by atoms with E-state index in [4.69, 9.17) is 0 Å². The number of nitrogens with one attached hydrogen (secondary N) is 1. The Morgan fingerprint density at radius 2 is 1.57 bits per heavy atom. The van der Waals surface area contributed by atoms with Gasteiger partial charge in [0, 0.05) is 0 Å². The molecule has 116 valence electrons. The number of carbonyl (C=O) groups is 1. The number of anilines is 1. The quantitative estimate of drug-likeness (QED) is 0.570. The van der Waals surface area contributed by atoms with Gasteiger partial charge in [-0.2, -0.15) is 0 Å². The SMILES string of the molecule is Cc1nc(C)c(C(=O)Nc2nc3ccc4nc(C)sc4c3s2)s1. The van der Waals surface area contributed by atoms with Crippen LogP contribution in [0, 0.1) is 20.8 Å². The van der Waals surface area contributed by atoms with Crippen molar-refractivity contribution in [3.8, 4) is 0 Å². The first-order chi connectivity index (χ1) is 11.0. The van der Waals surface area contributed by atoms with Crippen molar-refractivity contribution in [1.29, 1.82) is 0 Å². The van der Waals surface area contributed by atoms with Gasteiger partial charge in [-0.15, -0.1) is 22.7 Å². The second-order valence-electron chi connectivity index (χ2n) is 5.12. The molecule has 8 heteroatoms. The van der Waals surface area contributed by atoms with Crippen LogP contribution >= 0.6 is 34.0 Å². The highest BCUT2D eigenvalue weighted by Gasteiger charge is 2.17. The fraction of sp³-hybridized carbons (Fsp3) is 0.200. The zero-order chi connectivity index (χ0) is 16.1. The molecule has 0 bridgehead atoms. The average Bonchev–Trinajstić information content (AvgIpc) is 3.14. The maximum Gasteiger partial charge on any atom is 0.269 e. The third-order valence-electron chi connectivity index (χ3n) is 3.35. The van der Waals surface area contributed by atoms with Crippen molar-refractivity contribution in [2.75, 3.05) is 5.32 Å². The highest BCUT2D eigenvalue weighted by atomic mass is 32.1. The summed E-state index contributed by atoms with van der Waals surface area (Å²) >= 11 is 4.54. The van der Waals surface area contributed by atoms with Gasteiger partial charge >= 0.3 is 0 Å². The Morgan fingerprint density at radius 3 is 2.26 bits per heavy atom. The monoisotopic (exact) mass is 360 g/mol. The number of rotatable bonds is 2. The molecule has 3 heterocycles. The maximum absolute atomic E-state index is 12.4. The number of amides is 1. The molecule has 0 saturated carbocycles. The third kappa shape index (κ3) is 2.52. The van der Waals surface area contributed by atoms with E-state index in [0.717, 1.165) is 36.1 Å². The van der Waals surface area contributed by atoms with Gasteiger partial charge < -0.3 is 0 Å². The van der Waals surface area contributed by atoms with Crippen LogP contribution in [-0.2, 0) is 0 Å². The summed E-state index contributed by atoms with van der Waals surface area (Å²) < 4.78 is 2.20. The van der Waals surface area contributed by atoms with Crippen LogP contribution < -0.4 is 5.32 Å². The van der Waals surface area contributed by atoms with Crippen molar-refractivity contribution in [2.24, 2.45) is 0 Å². The van der Waals surface area contributed by atoms with E-state index in [1.807, 2.05) is 32.9 Å². The number of nitrogens with zero attached hydrogens (tertiary/aromatic N) is 3. The fourth-order valence-electron chi connectivity index (χ4n) is 2.43. The second kappa shape index (κ2) is 5.33. The summed E-state index contributed by atoms with van der Waals surface area (Å²) in [5, 5.41) is 5.42. The number of aryl methyl sites for hydroxylation is 3. The molecule has 0 spiro atoms. The second-order valence-corrected chi connectivity index (χ2v) is 8.52. The predicted molar refractivity (Wildman–Crippen MR) is 97.1 cm³/mol. The van der Waals surface area contributed by atoms with Crippen molar-refractivity contribution in [3.63, 3.8) is 0 Å². The lowest BCUT2D eigenvalue weighted by Gasteiger charge is -1.98. The molecule has 0 aliphatic rings. The Hall–Kier alpha value is -1.90. The van der Waals surface area contributed by atoms with E-state index in [1.54, 1.807) is 11.3 Å². The zero-order valence-corrected chi connectivity index (χ0v) is 15.1. The molecule has 0 aliphatic heterocycles. The molecule has 4 aromatic rings. The lowest BCUT2D eigenvalue weighted by molar-refractivity contribution is 0.103. The van der Waals surface area contributed by atoms with Crippen LogP contribution in [0.5, 0.6) is 0 Å². The fourth-order valence-corrected chi connectivity index (χ4v) is 5.25. The average molecular weight is 360 g/mol. The Kier molecular flexibility index (Phi) is 3.40. The summed E-state index contributed by atoms with van der Waals surface area (Å²) in [7, 11) is 0. The van der Waals surface area contributed by atoms with Crippen LogP contribution in [0.25, 0.3) is 20.4 Å². The molecule has 23 heavy (non-hydrogen) atoms. The summed E-state index contributed by atoms with van der Waals surface area (Å²) in [6.45, 7) is 5.74. The minimum atomic E-state index is -0.149. The highest BCUT2D eigenvalue weighted by Crippen LogP contribution is 2.36. The van der Waals surface area contributed by atoms with Gasteiger partial charge in [0.15, 0.2) is 5.13 Å². The topological polar surface area (TPSA) is 67.8 Å². The number of hydrogen-bond acceptors (Lipinski definition) is 7. The van der Waals surface area contributed by atoms with Crippen LogP contribution in [0.1, 0.15) is 25.4 Å². The first-order valence-corrected chi connectivity index (χ1v) is 9.38. The van der Waals surface area contributed by atoms with E-state index in [1.165, 1.54) is 22.7 Å². The van der Waals surface area contributed by atoms with Gasteiger partial charge in [-0.25, -0.2) is 15.0 Å². The summed E-state index contributed by atoms with van der Waals surface area (Å²) in [6, 6.07) is 3.92. The van der Waals surface area contributed by atoms with Crippen molar-refractivity contribution in [2.45, 2.75) is 20.8 Å². The molecule has 3 aromatic heterocycles. The van der Waals surface area contributed by atoms with E-state index in [0.29, 0.717) is 10.0 Å². The Morgan fingerprint density at radius 1 is 0.913 bits per heavy atom. The lowest BCUT2D eigenvalue weighted by Crippen LogP contribution is -2.11. The van der Waals surface area contributed by atoms with E-state index in [-0.39, 0.29) is 5.91 Å². The first-order valence-electron chi connectivity index (χ1n) is 6.93. The highest BCUT2D eigenvalue weighted by molar-refractivity contribution is 7.28. The maximum atomic E-state index is 12.4. The number of thiazole rings is 3. The van der Waals surface area contributed by atoms with Gasteiger partial charge in [0.05, 0.1) is 36.1 Å². The van der Waals surface area contributed by atoms with Crippen molar-refractivity contribution >= 4 is 65.5 Å².